The Morgan fingerprint density at radius 2 is 1.75 bits per heavy atom. The van der Waals surface area contributed by atoms with Gasteiger partial charge in [-0.05, 0) is 79.6 Å². The highest BCUT2D eigenvalue weighted by Gasteiger charge is 2.67. The zero-order valence-corrected chi connectivity index (χ0v) is 28.6. The van der Waals surface area contributed by atoms with Crippen LogP contribution in [0.25, 0.3) is 0 Å². The standard InChI is InChI=1S/C30H46O16S2/c1-14(2)9-22(32)40-25-24(42-48-46-44-37)23(41-47-45-43-36)20(13-31)39-28(25)38-17-10-18(27(34)35)19-7-8-30-11-16(15(3)26(30)33)5-6-21(30)29(19,4)12-17/h14,16-21,23-26,28,31,33,36-37H,3,5-13H2,1-2,4H3,(H,34,35)/p-2/t16?,17?,18?,19?,20-,21?,23+,24-,25?,26-,28+,29?,30?/m0/s1. The van der Waals surface area contributed by atoms with E-state index in [1.807, 2.05) is 13.8 Å². The lowest BCUT2D eigenvalue weighted by Crippen LogP contribution is -2.63. The topological polar surface area (TPSA) is 224 Å². The van der Waals surface area contributed by atoms with E-state index in [1.165, 1.54) is 0 Å². The zero-order valence-electron chi connectivity index (χ0n) is 27.0. The summed E-state index contributed by atoms with van der Waals surface area (Å²) < 4.78 is 38.0. The molecule has 13 atom stereocenters. The minimum Gasteiger partial charge on any atom is -0.691 e. The molecule has 3 N–H and O–H groups in total. The van der Waals surface area contributed by atoms with E-state index in [4.69, 9.17) is 22.6 Å². The number of hydrogen-bond acceptors (Lipinski definition) is 17. The molecule has 5 aliphatic rings. The first-order valence-electron chi connectivity index (χ1n) is 16.2. The van der Waals surface area contributed by atoms with Crippen molar-refractivity contribution in [2.45, 2.75) is 115 Å². The molecule has 8 unspecified atom stereocenters. The molecule has 0 amide bonds. The number of aliphatic hydroxyl groups excluding tert-OH is 2. The summed E-state index contributed by atoms with van der Waals surface area (Å²) in [6.45, 7) is 9.27. The Balaban J connectivity index is 1.46. The number of aliphatic hydroxyl groups is 2. The van der Waals surface area contributed by atoms with Crippen LogP contribution in [0.2, 0.25) is 0 Å². The maximum absolute atomic E-state index is 13.0. The first-order chi connectivity index (χ1) is 22.9. The highest BCUT2D eigenvalue weighted by molar-refractivity contribution is 7.90. The van der Waals surface area contributed by atoms with E-state index in [9.17, 15) is 35.4 Å². The van der Waals surface area contributed by atoms with Crippen LogP contribution in [0, 0.1) is 40.4 Å². The number of carboxylic acid groups (broad SMARTS) is 1. The number of fused-ring (bicyclic) bond motifs is 3. The number of hydrogen-bond donors (Lipinski definition) is 3. The number of ether oxygens (including phenoxy) is 3. The molecule has 4 aliphatic carbocycles. The quantitative estimate of drug-likeness (QED) is 0.0415. The van der Waals surface area contributed by atoms with Crippen molar-refractivity contribution in [3.8, 4) is 0 Å². The molecule has 18 heteroatoms. The fourth-order valence-corrected chi connectivity index (χ4v) is 10.4. The largest absolute Gasteiger partial charge is 0.691 e. The predicted octanol–water partition coefficient (Wildman–Crippen LogP) is 1.63. The molecular weight excluding hydrogens is 680 g/mol. The van der Waals surface area contributed by atoms with Gasteiger partial charge in [-0.15, -0.1) is 8.67 Å². The van der Waals surface area contributed by atoms with E-state index in [2.05, 4.69) is 32.2 Å². The van der Waals surface area contributed by atoms with Gasteiger partial charge in [-0.2, -0.15) is 0 Å². The van der Waals surface area contributed by atoms with Gasteiger partial charge in [-0.1, -0.05) is 27.4 Å². The molecule has 1 heterocycles. The zero-order chi connectivity index (χ0) is 34.8. The summed E-state index contributed by atoms with van der Waals surface area (Å²) in [5, 5.41) is 59.9. The fraction of sp³-hybridized carbons (Fsp3) is 0.867. The molecule has 5 fully saturated rings. The third-order valence-corrected chi connectivity index (χ3v) is 12.3. The van der Waals surface area contributed by atoms with Crippen molar-refractivity contribution < 1.29 is 76.7 Å². The van der Waals surface area contributed by atoms with Crippen LogP contribution in [-0.4, -0.2) is 76.8 Å². The smallest absolute Gasteiger partial charge is 0.306 e. The first-order valence-corrected chi connectivity index (χ1v) is 17.5. The predicted molar refractivity (Wildman–Crippen MR) is 159 cm³/mol. The van der Waals surface area contributed by atoms with E-state index in [1.54, 1.807) is 0 Å². The molecule has 1 aliphatic heterocycles. The van der Waals surface area contributed by atoms with E-state index in [0.717, 1.165) is 31.3 Å². The van der Waals surface area contributed by atoms with Gasteiger partial charge in [-0.25, -0.2) is 0 Å². The average Bonchev–Trinajstić information content (AvgIpc) is 3.21. The highest BCUT2D eigenvalue weighted by Crippen LogP contribution is 2.70. The third kappa shape index (κ3) is 7.43. The Morgan fingerprint density at radius 1 is 1.06 bits per heavy atom. The van der Waals surface area contributed by atoms with E-state index in [0.29, 0.717) is 12.8 Å². The Morgan fingerprint density at radius 3 is 2.38 bits per heavy atom. The average molecular weight is 725 g/mol. The summed E-state index contributed by atoms with van der Waals surface area (Å²) in [6, 6.07) is 0. The summed E-state index contributed by atoms with van der Waals surface area (Å²) in [4.78, 5) is 25.8. The Labute approximate surface area is 287 Å². The number of carboxylic acids is 1. The van der Waals surface area contributed by atoms with Crippen molar-refractivity contribution in [3.05, 3.63) is 12.2 Å². The van der Waals surface area contributed by atoms with Gasteiger partial charge in [0.2, 0.25) is 0 Å². The van der Waals surface area contributed by atoms with Gasteiger partial charge in [0, 0.05) is 11.8 Å². The molecule has 48 heavy (non-hydrogen) atoms. The molecule has 0 aromatic carbocycles. The van der Waals surface area contributed by atoms with Crippen LogP contribution in [0.1, 0.15) is 72.1 Å². The Kier molecular flexibility index (Phi) is 12.8. The molecular formula is C30H44O16S2-2. The van der Waals surface area contributed by atoms with E-state index >= 15 is 0 Å². The van der Waals surface area contributed by atoms with Crippen molar-refractivity contribution >= 4 is 36.6 Å². The van der Waals surface area contributed by atoms with Crippen LogP contribution in [0.3, 0.4) is 0 Å². The molecule has 5 rings (SSSR count). The van der Waals surface area contributed by atoms with Gasteiger partial charge >= 0.3 is 11.9 Å². The normalized spacial score (nSPS) is 42.3. The fourth-order valence-electron chi connectivity index (χ4n) is 9.69. The van der Waals surface area contributed by atoms with Crippen molar-refractivity contribution in [1.29, 1.82) is 0 Å². The molecule has 1 saturated heterocycles. The summed E-state index contributed by atoms with van der Waals surface area (Å²) in [6.07, 6.45) is -3.64. The molecule has 2 bridgehead atoms. The van der Waals surface area contributed by atoms with Gasteiger partial charge in [0.15, 0.2) is 37.0 Å². The number of aliphatic carboxylic acids is 1. The van der Waals surface area contributed by atoms with Crippen LogP contribution >= 0.6 is 24.6 Å². The van der Waals surface area contributed by atoms with Gasteiger partial charge in [-0.3, -0.25) is 28.0 Å². The van der Waals surface area contributed by atoms with Gasteiger partial charge in [0.05, 0.1) is 24.7 Å². The Bertz CT molecular complexity index is 1150. The molecule has 0 aromatic rings. The number of carbonyl (C=O) groups is 2. The minimum absolute atomic E-state index is 0.00271. The second-order valence-electron chi connectivity index (χ2n) is 14.3. The van der Waals surface area contributed by atoms with E-state index < -0.39 is 72.8 Å². The molecule has 0 aromatic heterocycles. The van der Waals surface area contributed by atoms with Crippen molar-refractivity contribution in [1.82, 2.24) is 0 Å². The molecule has 16 nitrogen and oxygen atoms in total. The van der Waals surface area contributed by atoms with Gasteiger partial charge in [0.25, 0.3) is 0 Å². The maximum Gasteiger partial charge on any atom is 0.306 e. The maximum atomic E-state index is 13.0. The van der Waals surface area contributed by atoms with Crippen LogP contribution < -0.4 is 10.5 Å². The van der Waals surface area contributed by atoms with Gasteiger partial charge < -0.3 is 40.0 Å². The Hall–Kier alpha value is -1.10. The number of rotatable bonds is 15. The minimum atomic E-state index is -1.41. The third-order valence-electron chi connectivity index (χ3n) is 11.4. The lowest BCUT2D eigenvalue weighted by Gasteiger charge is -2.62. The number of esters is 1. The van der Waals surface area contributed by atoms with Crippen LogP contribution in [0.5, 0.6) is 0 Å². The van der Waals surface area contributed by atoms with Crippen LogP contribution in [-0.2, 0) is 50.9 Å². The van der Waals surface area contributed by atoms with Crippen molar-refractivity contribution in [2.75, 3.05) is 6.61 Å². The lowest BCUT2D eigenvalue weighted by atomic mass is 9.43. The SMILES string of the molecule is C=C1C2CCC3C4(C)CC(O[C@@H]5O[C@@H](CO)[C@@H](OSOO[O-])[C@H](OSOO[O-])C5OC(=O)CC(C)C)CC(C(=O)O)C4CCC3(C2)[C@H]1O. The van der Waals surface area contributed by atoms with Crippen LogP contribution in [0.4, 0.5) is 0 Å². The number of carbonyl (C=O) groups excluding carboxylic acids is 1. The molecule has 1 spiro atoms. The molecule has 4 saturated carbocycles. The summed E-state index contributed by atoms with van der Waals surface area (Å²) >= 11 is 0.195. The molecule has 0 radical (unpaired) electrons. The van der Waals surface area contributed by atoms with Crippen molar-refractivity contribution in [2.24, 2.45) is 40.4 Å². The van der Waals surface area contributed by atoms with Crippen LogP contribution in [0.15, 0.2) is 12.2 Å². The van der Waals surface area contributed by atoms with E-state index in [-0.39, 0.29) is 66.6 Å². The second kappa shape index (κ2) is 16.1. The molecule has 274 valence electrons. The highest BCUT2D eigenvalue weighted by atomic mass is 32.2. The van der Waals surface area contributed by atoms with Crippen molar-refractivity contribution in [3.63, 3.8) is 0 Å². The second-order valence-corrected chi connectivity index (χ2v) is 15.3. The summed E-state index contributed by atoms with van der Waals surface area (Å²) in [7, 11) is 0. The summed E-state index contributed by atoms with van der Waals surface area (Å²) in [5.41, 5.74) is -0.0441. The summed E-state index contributed by atoms with van der Waals surface area (Å²) in [5.74, 6) is -2.34. The monoisotopic (exact) mass is 724 g/mol. The first kappa shape index (κ1) is 38.1. The van der Waals surface area contributed by atoms with Gasteiger partial charge in [0.1, 0.15) is 18.3 Å². The lowest BCUT2D eigenvalue weighted by molar-refractivity contribution is -0.778.